The van der Waals surface area contributed by atoms with Crippen LogP contribution in [0.1, 0.15) is 5.56 Å². The van der Waals surface area contributed by atoms with Crippen LogP contribution in [0.2, 0.25) is 5.02 Å². The topological polar surface area (TPSA) is 120 Å². The number of aryl methyl sites for hydroxylation is 1. The van der Waals surface area contributed by atoms with Gasteiger partial charge in [-0.1, -0.05) is 41.6 Å². The average Bonchev–Trinajstić information content (AvgIpc) is 3.23. The summed E-state index contributed by atoms with van der Waals surface area (Å²) in [5.41, 5.74) is 1.62. The van der Waals surface area contributed by atoms with E-state index in [-0.39, 0.29) is 21.4 Å². The number of nitro groups is 1. The van der Waals surface area contributed by atoms with Crippen LogP contribution in [0.5, 0.6) is 0 Å². The molecule has 0 saturated carbocycles. The van der Waals surface area contributed by atoms with E-state index in [1.54, 1.807) is 42.5 Å². The van der Waals surface area contributed by atoms with Gasteiger partial charge < -0.3 is 5.32 Å². The number of hydrogen-bond acceptors (Lipinski definition) is 8. The Bertz CT molecular complexity index is 1420. The number of aromatic nitrogens is 3. The van der Waals surface area contributed by atoms with Crippen molar-refractivity contribution in [3.05, 3.63) is 79.7 Å². The van der Waals surface area contributed by atoms with Gasteiger partial charge in [0, 0.05) is 5.02 Å². The SMILES string of the molecule is Cc1ccc(-n2c(SCC(=O)Nc3ncc([N+](=O)[O-])s3)nc3ccccc3c2=O)cc1Cl. The highest BCUT2D eigenvalue weighted by Gasteiger charge is 2.17. The summed E-state index contributed by atoms with van der Waals surface area (Å²) in [4.78, 5) is 44.2. The molecule has 0 fully saturated rings. The second-order valence-electron chi connectivity index (χ2n) is 6.58. The fourth-order valence-electron chi connectivity index (χ4n) is 2.85. The van der Waals surface area contributed by atoms with Crippen LogP contribution in [0.3, 0.4) is 0 Å². The standard InChI is InChI=1S/C20H14ClN5O4S2/c1-11-6-7-12(8-14(11)21)25-18(28)13-4-2-3-5-15(13)23-20(25)31-10-16(27)24-19-22-9-17(32-19)26(29)30/h2-9H,10H2,1H3,(H,22,24,27). The van der Waals surface area contributed by atoms with Gasteiger partial charge in [0.25, 0.3) is 5.56 Å². The Balaban J connectivity index is 1.66. The normalized spacial score (nSPS) is 10.9. The summed E-state index contributed by atoms with van der Waals surface area (Å²) in [6, 6.07) is 12.2. The number of para-hydroxylation sites is 1. The van der Waals surface area contributed by atoms with Gasteiger partial charge in [-0.3, -0.25) is 24.3 Å². The summed E-state index contributed by atoms with van der Waals surface area (Å²) in [6.07, 6.45) is 1.08. The Hall–Kier alpha value is -3.28. The molecular weight excluding hydrogens is 474 g/mol. The highest BCUT2D eigenvalue weighted by molar-refractivity contribution is 7.99. The lowest BCUT2D eigenvalue weighted by Crippen LogP contribution is -2.23. The molecule has 0 radical (unpaired) electrons. The number of carbonyl (C=O) groups excluding carboxylic acids is 1. The second kappa shape index (κ2) is 9.07. The summed E-state index contributed by atoms with van der Waals surface area (Å²) in [6.45, 7) is 1.86. The molecule has 32 heavy (non-hydrogen) atoms. The molecular formula is C20H14ClN5O4S2. The molecule has 0 unspecified atom stereocenters. The van der Waals surface area contributed by atoms with Crippen molar-refractivity contribution in [2.75, 3.05) is 11.1 Å². The summed E-state index contributed by atoms with van der Waals surface area (Å²) >= 11 is 8.09. The molecule has 2 aromatic heterocycles. The quantitative estimate of drug-likeness (QED) is 0.185. The third-order valence-corrected chi connectivity index (χ3v) is 6.62. The van der Waals surface area contributed by atoms with Gasteiger partial charge in [0.2, 0.25) is 5.91 Å². The molecule has 0 aliphatic carbocycles. The van der Waals surface area contributed by atoms with Crippen LogP contribution < -0.4 is 10.9 Å². The van der Waals surface area contributed by atoms with Crippen LogP contribution in [0.4, 0.5) is 10.1 Å². The molecule has 12 heteroatoms. The van der Waals surface area contributed by atoms with Crippen LogP contribution in [-0.2, 0) is 4.79 Å². The fourth-order valence-corrected chi connectivity index (χ4v) is 4.49. The van der Waals surface area contributed by atoms with E-state index in [9.17, 15) is 19.7 Å². The lowest BCUT2D eigenvalue weighted by molar-refractivity contribution is -0.380. The molecule has 1 amide bonds. The van der Waals surface area contributed by atoms with Crippen molar-refractivity contribution in [3.63, 3.8) is 0 Å². The fraction of sp³-hybridized carbons (Fsp3) is 0.100. The van der Waals surface area contributed by atoms with Gasteiger partial charge in [0.1, 0.15) is 6.20 Å². The van der Waals surface area contributed by atoms with E-state index < -0.39 is 10.8 Å². The van der Waals surface area contributed by atoms with Gasteiger partial charge in [0.05, 0.1) is 27.3 Å². The van der Waals surface area contributed by atoms with Crippen molar-refractivity contribution in [1.29, 1.82) is 0 Å². The lowest BCUT2D eigenvalue weighted by atomic mass is 10.2. The van der Waals surface area contributed by atoms with E-state index in [0.29, 0.717) is 26.8 Å². The number of anilines is 1. The first-order valence-corrected chi connectivity index (χ1v) is 11.3. The Morgan fingerprint density at radius 2 is 2.09 bits per heavy atom. The zero-order chi connectivity index (χ0) is 22.8. The third kappa shape index (κ3) is 4.49. The number of nitrogens with zero attached hydrogens (tertiary/aromatic N) is 4. The molecule has 2 heterocycles. The van der Waals surface area contributed by atoms with Crippen molar-refractivity contribution < 1.29 is 9.72 Å². The van der Waals surface area contributed by atoms with Crippen LogP contribution in [-0.4, -0.2) is 31.1 Å². The first-order valence-electron chi connectivity index (χ1n) is 9.14. The number of halogens is 1. The Kier molecular flexibility index (Phi) is 6.21. The number of benzene rings is 2. The number of amides is 1. The molecule has 1 N–H and O–H groups in total. The molecule has 0 saturated heterocycles. The highest BCUT2D eigenvalue weighted by atomic mass is 35.5. The number of rotatable bonds is 6. The van der Waals surface area contributed by atoms with Gasteiger partial charge in [-0.15, -0.1) is 0 Å². The molecule has 162 valence electrons. The molecule has 0 aliphatic rings. The molecule has 4 aromatic rings. The van der Waals surface area contributed by atoms with Crippen LogP contribution in [0, 0.1) is 17.0 Å². The maximum atomic E-state index is 13.2. The van der Waals surface area contributed by atoms with Crippen LogP contribution in [0.15, 0.2) is 58.6 Å². The second-order valence-corrected chi connectivity index (χ2v) is 8.94. The number of thioether (sulfide) groups is 1. The highest BCUT2D eigenvalue weighted by Crippen LogP contribution is 2.27. The Labute approximate surface area is 194 Å². The third-order valence-electron chi connectivity index (χ3n) is 4.41. The van der Waals surface area contributed by atoms with Gasteiger partial charge in [-0.25, -0.2) is 9.97 Å². The number of nitrogens with one attached hydrogen (secondary N) is 1. The molecule has 0 bridgehead atoms. The molecule has 0 atom stereocenters. The molecule has 0 aliphatic heterocycles. The predicted octanol–water partition coefficient (Wildman–Crippen LogP) is 4.44. The monoisotopic (exact) mass is 487 g/mol. The van der Waals surface area contributed by atoms with Gasteiger partial charge in [0.15, 0.2) is 10.3 Å². The number of hydrogen-bond donors (Lipinski definition) is 1. The first kappa shape index (κ1) is 21.9. The lowest BCUT2D eigenvalue weighted by Gasteiger charge is -2.14. The van der Waals surface area contributed by atoms with Crippen LogP contribution in [0.25, 0.3) is 16.6 Å². The molecule has 4 rings (SSSR count). The molecule has 9 nitrogen and oxygen atoms in total. The van der Waals surface area contributed by atoms with Crippen molar-refractivity contribution in [1.82, 2.24) is 14.5 Å². The number of carbonyl (C=O) groups is 1. The zero-order valence-corrected chi connectivity index (χ0v) is 18.8. The van der Waals surface area contributed by atoms with E-state index in [2.05, 4.69) is 15.3 Å². The predicted molar refractivity (Wildman–Crippen MR) is 125 cm³/mol. The van der Waals surface area contributed by atoms with Gasteiger partial charge >= 0.3 is 5.00 Å². The van der Waals surface area contributed by atoms with Crippen molar-refractivity contribution >= 4 is 61.6 Å². The van der Waals surface area contributed by atoms with Crippen LogP contribution >= 0.6 is 34.7 Å². The largest absolute Gasteiger partial charge is 0.345 e. The summed E-state index contributed by atoms with van der Waals surface area (Å²) in [5, 5.41) is 14.5. The summed E-state index contributed by atoms with van der Waals surface area (Å²) in [5.74, 6) is -0.521. The average molecular weight is 488 g/mol. The summed E-state index contributed by atoms with van der Waals surface area (Å²) in [7, 11) is 0. The van der Waals surface area contributed by atoms with Crippen molar-refractivity contribution in [2.24, 2.45) is 0 Å². The minimum absolute atomic E-state index is 0.0856. The maximum absolute atomic E-state index is 13.2. The Morgan fingerprint density at radius 1 is 1.31 bits per heavy atom. The maximum Gasteiger partial charge on any atom is 0.345 e. The number of fused-ring (bicyclic) bond motifs is 1. The number of thiazole rings is 1. The van der Waals surface area contributed by atoms with Crippen molar-refractivity contribution in [3.8, 4) is 5.69 Å². The van der Waals surface area contributed by atoms with E-state index >= 15 is 0 Å². The van der Waals surface area contributed by atoms with E-state index in [1.807, 2.05) is 6.92 Å². The van der Waals surface area contributed by atoms with Gasteiger partial charge in [-0.2, -0.15) is 0 Å². The smallest absolute Gasteiger partial charge is 0.301 e. The zero-order valence-electron chi connectivity index (χ0n) is 16.4. The molecule has 0 spiro atoms. The van der Waals surface area contributed by atoms with Crippen molar-refractivity contribution in [2.45, 2.75) is 12.1 Å². The summed E-state index contributed by atoms with van der Waals surface area (Å²) < 4.78 is 1.42. The van der Waals surface area contributed by atoms with E-state index in [4.69, 9.17) is 11.6 Å². The first-order chi connectivity index (χ1) is 15.3. The van der Waals surface area contributed by atoms with E-state index in [0.717, 1.165) is 34.9 Å². The minimum Gasteiger partial charge on any atom is -0.301 e. The molecule has 2 aromatic carbocycles. The van der Waals surface area contributed by atoms with E-state index in [1.165, 1.54) is 4.57 Å². The Morgan fingerprint density at radius 3 is 2.81 bits per heavy atom. The van der Waals surface area contributed by atoms with Gasteiger partial charge in [-0.05, 0) is 48.1 Å². The minimum atomic E-state index is -0.577.